The second-order valence-corrected chi connectivity index (χ2v) is 17.6. The number of nitrogens with zero attached hydrogens (tertiary/aromatic N) is 1. The normalized spacial score (nSPS) is 21.7. The van der Waals surface area contributed by atoms with Crippen LogP contribution in [-0.2, 0) is 17.5 Å². The van der Waals surface area contributed by atoms with Gasteiger partial charge in [0.2, 0.25) is 0 Å². The van der Waals surface area contributed by atoms with E-state index < -0.39 is 5.54 Å². The quantitative estimate of drug-likeness (QED) is 0.158. The standard InChI is InChI=1S/C52H53N/c1-50(2,3)43-22-13-11-18-37-20-15-21-40-30-39-25-24-38-19-12-14-23-45(38)48(39)33-49(40)52(7)34-41(36-16-9-8-10-17-36)28-29-53(52)35-42-26-27-44(51(4,5)6)32-47(42)46(37)31-43/h8-17,19,21-34,37H,18,20,35H2,1-7H3/b13-11+,21-15-,43-22?,46-31?. The Morgan fingerprint density at radius 3 is 2.25 bits per heavy atom. The van der Waals surface area contributed by atoms with Gasteiger partial charge in [-0.1, -0.05) is 163 Å². The van der Waals surface area contributed by atoms with E-state index in [0.29, 0.717) is 5.92 Å². The van der Waals surface area contributed by atoms with E-state index >= 15 is 0 Å². The average Bonchev–Trinajstić information content (AvgIpc) is 3.12. The van der Waals surface area contributed by atoms with Crippen LogP contribution in [0.2, 0.25) is 0 Å². The van der Waals surface area contributed by atoms with Crippen molar-refractivity contribution < 1.29 is 0 Å². The molecule has 0 saturated carbocycles. The third kappa shape index (κ3) is 6.67. The van der Waals surface area contributed by atoms with Crippen LogP contribution in [0.15, 0.2) is 151 Å². The number of hydrogen-bond donors (Lipinski definition) is 0. The molecule has 0 aromatic heterocycles. The fraction of sp³-hybridized carbons (Fsp3) is 0.269. The third-order valence-electron chi connectivity index (χ3n) is 11.8. The van der Waals surface area contributed by atoms with Gasteiger partial charge in [-0.3, -0.25) is 0 Å². The second kappa shape index (κ2) is 13.4. The molecule has 0 fully saturated rings. The summed E-state index contributed by atoms with van der Waals surface area (Å²) in [6.45, 7) is 17.3. The van der Waals surface area contributed by atoms with Gasteiger partial charge in [-0.2, -0.15) is 0 Å². The van der Waals surface area contributed by atoms with E-state index in [9.17, 15) is 0 Å². The van der Waals surface area contributed by atoms with E-state index in [0.717, 1.165) is 19.4 Å². The topological polar surface area (TPSA) is 3.24 Å². The summed E-state index contributed by atoms with van der Waals surface area (Å²) in [7, 11) is 0. The highest BCUT2D eigenvalue weighted by atomic mass is 15.2. The Balaban J connectivity index is 1.41. The molecule has 0 N–H and O–H groups in total. The first-order chi connectivity index (χ1) is 25.4. The highest BCUT2D eigenvalue weighted by Crippen LogP contribution is 2.45. The maximum atomic E-state index is 2.60. The summed E-state index contributed by atoms with van der Waals surface area (Å²) >= 11 is 0. The van der Waals surface area contributed by atoms with Gasteiger partial charge in [0.15, 0.2) is 0 Å². The zero-order valence-corrected chi connectivity index (χ0v) is 32.6. The molecule has 2 aliphatic heterocycles. The molecule has 53 heavy (non-hydrogen) atoms. The summed E-state index contributed by atoms with van der Waals surface area (Å²) in [6.07, 6.45) is 23.6. The van der Waals surface area contributed by atoms with Gasteiger partial charge >= 0.3 is 0 Å². The third-order valence-corrected chi connectivity index (χ3v) is 11.8. The molecule has 0 spiro atoms. The number of fused-ring (bicyclic) bond motifs is 9. The van der Waals surface area contributed by atoms with Gasteiger partial charge in [-0.15, -0.1) is 0 Å². The molecule has 3 aliphatic rings. The molecule has 0 saturated heterocycles. The number of rotatable bonds is 1. The summed E-state index contributed by atoms with van der Waals surface area (Å²) in [4.78, 5) is 2.60. The highest BCUT2D eigenvalue weighted by Gasteiger charge is 2.36. The van der Waals surface area contributed by atoms with Crippen LogP contribution in [0.3, 0.4) is 0 Å². The monoisotopic (exact) mass is 691 g/mol. The Bertz CT molecular complexity index is 2400. The predicted octanol–water partition coefficient (Wildman–Crippen LogP) is 14.0. The lowest BCUT2D eigenvalue weighted by Gasteiger charge is -2.44. The summed E-state index contributed by atoms with van der Waals surface area (Å²) in [5, 5.41) is 5.16. The van der Waals surface area contributed by atoms with E-state index in [1.54, 1.807) is 0 Å². The van der Waals surface area contributed by atoms with Crippen LogP contribution in [0.1, 0.15) is 94.7 Å². The summed E-state index contributed by atoms with van der Waals surface area (Å²) in [5.74, 6) is 0.350. The van der Waals surface area contributed by atoms with Gasteiger partial charge < -0.3 is 4.90 Å². The van der Waals surface area contributed by atoms with Crippen molar-refractivity contribution in [1.82, 2.24) is 4.90 Å². The minimum Gasteiger partial charge on any atom is -0.360 e. The Morgan fingerprint density at radius 2 is 1.45 bits per heavy atom. The van der Waals surface area contributed by atoms with Gasteiger partial charge in [-0.25, -0.2) is 0 Å². The molecule has 5 aromatic rings. The Morgan fingerprint density at radius 1 is 0.698 bits per heavy atom. The van der Waals surface area contributed by atoms with Crippen molar-refractivity contribution in [3.63, 3.8) is 0 Å². The molecule has 2 atom stereocenters. The van der Waals surface area contributed by atoms with Crippen molar-refractivity contribution in [2.24, 2.45) is 11.3 Å². The molecule has 0 bridgehead atoms. The number of allylic oxidation sites excluding steroid dienone is 9. The predicted molar refractivity (Wildman–Crippen MR) is 229 cm³/mol. The molecule has 2 unspecified atom stereocenters. The fourth-order valence-corrected chi connectivity index (χ4v) is 8.52. The maximum absolute atomic E-state index is 2.60. The summed E-state index contributed by atoms with van der Waals surface area (Å²) < 4.78 is 0. The lowest BCUT2D eigenvalue weighted by atomic mass is 9.75. The lowest BCUT2D eigenvalue weighted by Crippen LogP contribution is -2.41. The van der Waals surface area contributed by atoms with Gasteiger partial charge in [-0.05, 0) is 132 Å². The number of hydrogen-bond acceptors (Lipinski definition) is 1. The first kappa shape index (κ1) is 34.9. The minimum atomic E-state index is -0.433. The zero-order chi connectivity index (χ0) is 37.0. The van der Waals surface area contributed by atoms with Crippen molar-refractivity contribution in [1.29, 1.82) is 0 Å². The Labute approximate surface area is 317 Å². The molecule has 8 rings (SSSR count). The van der Waals surface area contributed by atoms with Crippen molar-refractivity contribution in [2.45, 2.75) is 78.8 Å². The van der Waals surface area contributed by atoms with E-state index in [-0.39, 0.29) is 10.8 Å². The van der Waals surface area contributed by atoms with E-state index in [4.69, 9.17) is 0 Å². The Kier molecular flexibility index (Phi) is 8.81. The second-order valence-electron chi connectivity index (χ2n) is 17.6. The smallest absolute Gasteiger partial charge is 0.0822 e. The first-order valence-electron chi connectivity index (χ1n) is 19.5. The lowest BCUT2D eigenvalue weighted by molar-refractivity contribution is 0.207. The van der Waals surface area contributed by atoms with Gasteiger partial charge in [0.05, 0.1) is 5.54 Å². The van der Waals surface area contributed by atoms with E-state index in [1.807, 2.05) is 0 Å². The summed E-state index contributed by atoms with van der Waals surface area (Å²) in [5.41, 5.74) is 11.7. The van der Waals surface area contributed by atoms with Crippen LogP contribution >= 0.6 is 0 Å². The van der Waals surface area contributed by atoms with Gasteiger partial charge in [0, 0.05) is 12.7 Å². The maximum Gasteiger partial charge on any atom is 0.0822 e. The largest absolute Gasteiger partial charge is 0.360 e. The average molecular weight is 692 g/mol. The fourth-order valence-electron chi connectivity index (χ4n) is 8.52. The molecular formula is C52H53N. The minimum absolute atomic E-state index is 0.0253. The molecule has 0 amide bonds. The van der Waals surface area contributed by atoms with Crippen LogP contribution in [-0.4, -0.2) is 4.90 Å². The van der Waals surface area contributed by atoms with E-state index in [2.05, 4.69) is 205 Å². The molecule has 1 aliphatic carbocycles. The molecule has 1 nitrogen and oxygen atoms in total. The van der Waals surface area contributed by atoms with Crippen LogP contribution in [0.5, 0.6) is 0 Å². The molecule has 0 radical (unpaired) electrons. The van der Waals surface area contributed by atoms with Crippen LogP contribution < -0.4 is 0 Å². The molecule has 266 valence electrons. The highest BCUT2D eigenvalue weighted by molar-refractivity contribution is 6.08. The van der Waals surface area contributed by atoms with Crippen molar-refractivity contribution >= 4 is 38.8 Å². The van der Waals surface area contributed by atoms with Crippen molar-refractivity contribution in [2.75, 3.05) is 0 Å². The first-order valence-corrected chi connectivity index (χ1v) is 19.5. The van der Waals surface area contributed by atoms with Crippen molar-refractivity contribution in [3.8, 4) is 0 Å². The Hall–Kier alpha value is -5.14. The van der Waals surface area contributed by atoms with Gasteiger partial charge in [0.25, 0.3) is 0 Å². The van der Waals surface area contributed by atoms with Crippen LogP contribution in [0.25, 0.3) is 38.8 Å². The number of benzene rings is 5. The molecular weight excluding hydrogens is 639 g/mol. The van der Waals surface area contributed by atoms with Crippen LogP contribution in [0, 0.1) is 11.3 Å². The SMILES string of the molecule is CC(C)(C)C1=C/C=C/CC2C/C=C\c3cc4ccc5ccccc5c4cc3C3(C)C=C(c4ccccc4)C=CN3Cc3ccc(C(C)(C)C)cc3C2=C1. The molecule has 2 heterocycles. The molecule has 1 heteroatoms. The zero-order valence-electron chi connectivity index (χ0n) is 32.6. The van der Waals surface area contributed by atoms with E-state index in [1.165, 1.54) is 71.6 Å². The van der Waals surface area contributed by atoms with Crippen LogP contribution in [0.4, 0.5) is 0 Å². The summed E-state index contributed by atoms with van der Waals surface area (Å²) in [6, 6.07) is 36.6. The van der Waals surface area contributed by atoms with Gasteiger partial charge in [0.1, 0.15) is 0 Å². The van der Waals surface area contributed by atoms with Crippen molar-refractivity contribution in [3.05, 3.63) is 185 Å². The molecule has 5 aromatic carbocycles.